The smallest absolute Gasteiger partial charge is 0.229 e. The predicted octanol–water partition coefficient (Wildman–Crippen LogP) is 9.09. The number of ether oxygens (including phenoxy) is 1. The standard InChI is InChI=1S/C35H39Cl2FN2O2/c1-35(2,3)34(41)39-26-11-15-29-24(20-26)6-4-7-31(30-14-10-25(36)21-32(30)37)33(29)23-8-12-27(13-9-23)42-28-16-19-40(22-28)18-5-17-38/h8-15,20-21,28H,4-7,16-19,22H2,1-3H3,(H,39,41). The number of alkyl halides is 1. The van der Waals surface area contributed by atoms with Gasteiger partial charge in [-0.3, -0.25) is 14.1 Å². The Morgan fingerprint density at radius 2 is 1.79 bits per heavy atom. The molecule has 222 valence electrons. The van der Waals surface area contributed by atoms with Crippen molar-refractivity contribution in [2.75, 3.05) is 31.6 Å². The molecule has 1 unspecified atom stereocenters. The average molecular weight is 610 g/mol. The largest absolute Gasteiger partial charge is 0.489 e. The summed E-state index contributed by atoms with van der Waals surface area (Å²) in [4.78, 5) is 15.0. The number of likely N-dealkylation sites (tertiary alicyclic amines) is 1. The first-order chi connectivity index (χ1) is 20.1. The van der Waals surface area contributed by atoms with Crippen LogP contribution >= 0.6 is 23.2 Å². The summed E-state index contributed by atoms with van der Waals surface area (Å²) >= 11 is 13.0. The van der Waals surface area contributed by atoms with Crippen LogP contribution in [0.5, 0.6) is 5.75 Å². The molecule has 3 aromatic carbocycles. The molecule has 1 aliphatic heterocycles. The molecule has 1 atom stereocenters. The molecule has 7 heteroatoms. The molecule has 4 nitrogen and oxygen atoms in total. The number of anilines is 1. The maximum Gasteiger partial charge on any atom is 0.229 e. The number of rotatable bonds is 8. The first-order valence-electron chi connectivity index (χ1n) is 14.8. The van der Waals surface area contributed by atoms with Crippen molar-refractivity contribution >= 4 is 45.9 Å². The Labute approximate surface area is 258 Å². The van der Waals surface area contributed by atoms with Crippen molar-refractivity contribution in [1.82, 2.24) is 4.90 Å². The zero-order valence-corrected chi connectivity index (χ0v) is 26.1. The minimum absolute atomic E-state index is 0.0103. The van der Waals surface area contributed by atoms with Crippen LogP contribution in [-0.2, 0) is 11.2 Å². The number of hydrogen-bond donors (Lipinski definition) is 1. The van der Waals surface area contributed by atoms with E-state index in [1.165, 1.54) is 11.1 Å². The predicted molar refractivity (Wildman–Crippen MR) is 172 cm³/mol. The number of halogens is 3. The number of nitrogens with one attached hydrogen (secondary N) is 1. The lowest BCUT2D eigenvalue weighted by atomic mass is 9.87. The highest BCUT2D eigenvalue weighted by molar-refractivity contribution is 6.36. The Hall–Kier alpha value is -2.86. The number of benzene rings is 3. The number of carbonyl (C=O) groups is 1. The van der Waals surface area contributed by atoms with E-state index in [-0.39, 0.29) is 18.7 Å². The van der Waals surface area contributed by atoms with Gasteiger partial charge < -0.3 is 10.1 Å². The monoisotopic (exact) mass is 608 g/mol. The van der Waals surface area contributed by atoms with Crippen LogP contribution in [0.1, 0.15) is 68.7 Å². The number of carbonyl (C=O) groups excluding carboxylic acids is 1. The normalized spacial score (nSPS) is 17.6. The number of amides is 1. The van der Waals surface area contributed by atoms with Crippen LogP contribution in [0.3, 0.4) is 0 Å². The second-order valence-electron chi connectivity index (χ2n) is 12.3. The van der Waals surface area contributed by atoms with E-state index < -0.39 is 5.41 Å². The van der Waals surface area contributed by atoms with Gasteiger partial charge in [-0.15, -0.1) is 0 Å². The molecule has 1 heterocycles. The lowest BCUT2D eigenvalue weighted by molar-refractivity contribution is -0.123. The van der Waals surface area contributed by atoms with Gasteiger partial charge >= 0.3 is 0 Å². The van der Waals surface area contributed by atoms with Crippen LogP contribution in [0, 0.1) is 5.41 Å². The number of nitrogens with zero attached hydrogens (tertiary/aromatic N) is 1. The molecule has 1 saturated heterocycles. The lowest BCUT2D eigenvalue weighted by Gasteiger charge is -2.20. The molecule has 1 N–H and O–H groups in total. The minimum Gasteiger partial charge on any atom is -0.489 e. The molecule has 0 spiro atoms. The van der Waals surface area contributed by atoms with Crippen molar-refractivity contribution in [2.45, 2.75) is 59.0 Å². The molecule has 1 aliphatic carbocycles. The summed E-state index contributed by atoms with van der Waals surface area (Å²) in [7, 11) is 0. The molecule has 0 bridgehead atoms. The highest BCUT2D eigenvalue weighted by Crippen LogP contribution is 2.43. The van der Waals surface area contributed by atoms with Crippen molar-refractivity contribution in [2.24, 2.45) is 5.41 Å². The van der Waals surface area contributed by atoms with Gasteiger partial charge in [0.05, 0.1) is 6.67 Å². The summed E-state index contributed by atoms with van der Waals surface area (Å²) in [5.41, 5.74) is 7.02. The second kappa shape index (κ2) is 13.2. The summed E-state index contributed by atoms with van der Waals surface area (Å²) in [5, 5.41) is 4.33. The fraction of sp³-hybridized carbons (Fsp3) is 0.400. The van der Waals surface area contributed by atoms with Crippen LogP contribution in [0.4, 0.5) is 10.1 Å². The second-order valence-corrected chi connectivity index (χ2v) is 13.1. The van der Waals surface area contributed by atoms with Crippen LogP contribution in [0.2, 0.25) is 10.0 Å². The Morgan fingerprint density at radius 3 is 2.50 bits per heavy atom. The van der Waals surface area contributed by atoms with E-state index in [0.717, 1.165) is 79.0 Å². The summed E-state index contributed by atoms with van der Waals surface area (Å²) in [6.45, 7) is 8.01. The van der Waals surface area contributed by atoms with Gasteiger partial charge in [0.15, 0.2) is 0 Å². The van der Waals surface area contributed by atoms with E-state index in [1.54, 1.807) is 6.07 Å². The molecule has 0 radical (unpaired) electrons. The number of aryl methyl sites for hydroxylation is 1. The quantitative estimate of drug-likeness (QED) is 0.277. The zero-order valence-electron chi connectivity index (χ0n) is 24.6. The highest BCUT2D eigenvalue weighted by atomic mass is 35.5. The van der Waals surface area contributed by atoms with Crippen molar-refractivity contribution in [3.8, 4) is 5.75 Å². The van der Waals surface area contributed by atoms with E-state index in [2.05, 4.69) is 34.5 Å². The Morgan fingerprint density at radius 1 is 1.02 bits per heavy atom. The van der Waals surface area contributed by atoms with E-state index in [4.69, 9.17) is 27.9 Å². The van der Waals surface area contributed by atoms with Crippen molar-refractivity contribution < 1.29 is 13.9 Å². The molecule has 3 aromatic rings. The number of fused-ring (bicyclic) bond motifs is 1. The maximum absolute atomic E-state index is 12.7. The van der Waals surface area contributed by atoms with E-state index >= 15 is 0 Å². The van der Waals surface area contributed by atoms with Crippen molar-refractivity contribution in [3.05, 3.63) is 93.0 Å². The lowest BCUT2D eigenvalue weighted by Crippen LogP contribution is -2.27. The molecular formula is C35H39Cl2FN2O2. The van der Waals surface area contributed by atoms with E-state index in [0.29, 0.717) is 16.5 Å². The first-order valence-corrected chi connectivity index (χ1v) is 15.6. The third kappa shape index (κ3) is 7.19. The van der Waals surface area contributed by atoms with Crippen LogP contribution in [0.25, 0.3) is 11.1 Å². The summed E-state index contributed by atoms with van der Waals surface area (Å²) < 4.78 is 18.9. The minimum atomic E-state index is -0.481. The average Bonchev–Trinajstić information content (AvgIpc) is 3.31. The molecule has 2 aliphatic rings. The van der Waals surface area contributed by atoms with Gasteiger partial charge in [-0.25, -0.2) is 0 Å². The van der Waals surface area contributed by atoms with E-state index in [9.17, 15) is 9.18 Å². The summed E-state index contributed by atoms with van der Waals surface area (Å²) in [6, 6.07) is 20.2. The highest BCUT2D eigenvalue weighted by Gasteiger charge is 2.26. The molecule has 0 aromatic heterocycles. The molecule has 42 heavy (non-hydrogen) atoms. The molecule has 1 fully saturated rings. The van der Waals surface area contributed by atoms with Gasteiger partial charge in [0, 0.05) is 40.8 Å². The molecule has 1 amide bonds. The third-order valence-corrected chi connectivity index (χ3v) is 8.58. The fourth-order valence-electron chi connectivity index (χ4n) is 5.79. The van der Waals surface area contributed by atoms with Gasteiger partial charge in [-0.2, -0.15) is 0 Å². The molecule has 0 saturated carbocycles. The fourth-order valence-corrected chi connectivity index (χ4v) is 6.31. The van der Waals surface area contributed by atoms with Gasteiger partial charge in [-0.1, -0.05) is 68.2 Å². The molecular weight excluding hydrogens is 570 g/mol. The van der Waals surface area contributed by atoms with Crippen LogP contribution < -0.4 is 10.1 Å². The SMILES string of the molecule is CC(C)(C)C(=O)Nc1ccc2c(c1)CCCC(c1ccc(Cl)cc1Cl)=C2c1ccc(OC2CCN(CCCF)C2)cc1. The number of hydrogen-bond acceptors (Lipinski definition) is 3. The third-order valence-electron chi connectivity index (χ3n) is 8.03. The van der Waals surface area contributed by atoms with Crippen LogP contribution in [0.15, 0.2) is 60.7 Å². The van der Waals surface area contributed by atoms with Crippen LogP contribution in [-0.4, -0.2) is 43.2 Å². The van der Waals surface area contributed by atoms with Gasteiger partial charge in [0.1, 0.15) is 11.9 Å². The zero-order chi connectivity index (χ0) is 29.9. The summed E-state index contributed by atoms with van der Waals surface area (Å²) in [6.07, 6.45) is 4.31. The Balaban J connectivity index is 1.50. The maximum atomic E-state index is 12.7. The van der Waals surface area contributed by atoms with Gasteiger partial charge in [0.25, 0.3) is 0 Å². The van der Waals surface area contributed by atoms with Crippen molar-refractivity contribution in [1.29, 1.82) is 0 Å². The number of allylic oxidation sites excluding steroid dienone is 1. The van der Waals surface area contributed by atoms with Gasteiger partial charge in [0.2, 0.25) is 5.91 Å². The first kappa shape index (κ1) is 30.6. The molecule has 5 rings (SSSR count). The van der Waals surface area contributed by atoms with Crippen molar-refractivity contribution in [3.63, 3.8) is 0 Å². The summed E-state index contributed by atoms with van der Waals surface area (Å²) in [5.74, 6) is 0.820. The Kier molecular flexibility index (Phi) is 9.61. The topological polar surface area (TPSA) is 41.6 Å². The van der Waals surface area contributed by atoms with Gasteiger partial charge in [-0.05, 0) is 102 Å². The van der Waals surface area contributed by atoms with E-state index in [1.807, 2.05) is 51.1 Å². The Bertz CT molecular complexity index is 1460.